The number of para-hydroxylation sites is 2. The molecule has 0 radical (unpaired) electrons. The maximum absolute atomic E-state index is 9.72. The van der Waals surface area contributed by atoms with Gasteiger partial charge in [0.05, 0.1) is 23.6 Å². The number of hydrogen-bond acceptors (Lipinski definition) is 4. The second kappa shape index (κ2) is 13.3. The zero-order valence-electron chi connectivity index (χ0n) is 37.4. The van der Waals surface area contributed by atoms with Crippen molar-refractivity contribution < 1.29 is 8.22 Å². The van der Waals surface area contributed by atoms with E-state index in [2.05, 4.69) is 65.2 Å². The van der Waals surface area contributed by atoms with E-state index in [1.165, 1.54) is 17.4 Å². The third-order valence-corrected chi connectivity index (χ3v) is 12.4. The van der Waals surface area contributed by atoms with E-state index in [0.717, 1.165) is 60.2 Å². The van der Waals surface area contributed by atoms with E-state index in [9.17, 15) is 4.11 Å². The second-order valence-corrected chi connectivity index (χ2v) is 15.7. The lowest BCUT2D eigenvalue weighted by molar-refractivity contribution is 1.08. The first-order chi connectivity index (χ1) is 31.8. The molecule has 0 saturated heterocycles. The summed E-state index contributed by atoms with van der Waals surface area (Å²) in [5, 5.41) is 7.05. The topological polar surface area (TPSA) is 43.6 Å². The van der Waals surface area contributed by atoms with Gasteiger partial charge >= 0.3 is 0 Å². The van der Waals surface area contributed by atoms with Crippen LogP contribution in [0.4, 0.5) is 0 Å². The second-order valence-electron chi connectivity index (χ2n) is 14.6. The lowest BCUT2D eigenvalue weighted by atomic mass is 9.97. The number of benzene rings is 9. The minimum absolute atomic E-state index is 0.0476. The largest absolute Gasteiger partial charge is 0.309 e. The smallest absolute Gasteiger partial charge is 0.164 e. The molecule has 0 aliphatic carbocycles. The molecule has 0 fully saturated rings. The Labute approximate surface area is 352 Å². The van der Waals surface area contributed by atoms with Crippen LogP contribution in [0, 0.1) is 6.90 Å². The Morgan fingerprint density at radius 2 is 1.08 bits per heavy atom. The van der Waals surface area contributed by atoms with Crippen LogP contribution in [0.1, 0.15) is 13.8 Å². The van der Waals surface area contributed by atoms with Crippen molar-refractivity contribution in [2.45, 2.75) is 6.90 Å². The molecule has 0 N–H and O–H groups in total. The highest BCUT2D eigenvalue weighted by Crippen LogP contribution is 2.45. The minimum atomic E-state index is -0.278. The molecule has 0 unspecified atom stereocenters. The summed E-state index contributed by atoms with van der Waals surface area (Å²) in [6.07, 6.45) is 0. The standard InChI is InChI=1S/C54H34N4S/c1-33-14-10-29-49-50(33)44-26-13-23-41(51(44)59-49)45-32-36(30-31-48(45)58-46-27-8-6-21-39(46)40-22-7-9-28-47(40)58)52-55-53(42-24-11-17-34-15-2-4-19-37(34)42)57-54(56-52)43-25-12-18-35-16-3-5-20-38(35)43/h2-32H,1H3/i1D,13D,14D,23D,26D,29D. The van der Waals surface area contributed by atoms with E-state index in [4.69, 9.17) is 19.1 Å². The first-order valence-electron chi connectivity index (χ1n) is 22.6. The van der Waals surface area contributed by atoms with Crippen LogP contribution in [0.25, 0.3) is 115 Å². The summed E-state index contributed by atoms with van der Waals surface area (Å²) in [5.41, 5.74) is 6.40. The van der Waals surface area contributed by atoms with Crippen molar-refractivity contribution in [3.8, 4) is 51.0 Å². The van der Waals surface area contributed by atoms with Crippen molar-refractivity contribution in [3.05, 3.63) is 194 Å². The fourth-order valence-electron chi connectivity index (χ4n) is 8.62. The van der Waals surface area contributed by atoms with Crippen LogP contribution in [-0.2, 0) is 0 Å². The van der Waals surface area contributed by atoms with Gasteiger partial charge in [0.25, 0.3) is 0 Å². The maximum atomic E-state index is 9.72. The van der Waals surface area contributed by atoms with Gasteiger partial charge in [0.15, 0.2) is 17.5 Å². The summed E-state index contributed by atoms with van der Waals surface area (Å²) >= 11 is 1.27. The summed E-state index contributed by atoms with van der Waals surface area (Å²) in [4.78, 5) is 15.7. The third kappa shape index (κ3) is 5.32. The normalized spacial score (nSPS) is 13.2. The van der Waals surface area contributed by atoms with Gasteiger partial charge in [0.2, 0.25) is 0 Å². The van der Waals surface area contributed by atoms with Gasteiger partial charge in [-0.3, -0.25) is 0 Å². The van der Waals surface area contributed by atoms with Crippen molar-refractivity contribution in [3.63, 3.8) is 0 Å². The molecule has 9 aromatic carbocycles. The van der Waals surface area contributed by atoms with Crippen molar-refractivity contribution in [2.75, 3.05) is 0 Å². The lowest BCUT2D eigenvalue weighted by Gasteiger charge is -2.17. The zero-order valence-corrected chi connectivity index (χ0v) is 32.2. The molecule has 5 heteroatoms. The van der Waals surface area contributed by atoms with E-state index < -0.39 is 0 Å². The van der Waals surface area contributed by atoms with Crippen molar-refractivity contribution >= 4 is 74.9 Å². The van der Waals surface area contributed by atoms with Crippen LogP contribution in [0.15, 0.2) is 188 Å². The Balaban J connectivity index is 1.21. The molecule has 0 atom stereocenters. The summed E-state index contributed by atoms with van der Waals surface area (Å²) in [6.45, 7) is -0.230. The van der Waals surface area contributed by atoms with Gasteiger partial charge in [0.1, 0.15) is 0 Å². The molecule has 0 aliphatic heterocycles. The molecule has 4 nitrogen and oxygen atoms in total. The predicted molar refractivity (Wildman–Crippen MR) is 249 cm³/mol. The van der Waals surface area contributed by atoms with Gasteiger partial charge in [-0.15, -0.1) is 11.3 Å². The van der Waals surface area contributed by atoms with Gasteiger partial charge < -0.3 is 4.57 Å². The Morgan fingerprint density at radius 3 is 1.75 bits per heavy atom. The summed E-state index contributed by atoms with van der Waals surface area (Å²) in [6, 6.07) is 52.0. The number of aryl methyl sites for hydroxylation is 1. The zero-order chi connectivity index (χ0) is 44.1. The van der Waals surface area contributed by atoms with Crippen molar-refractivity contribution in [2.24, 2.45) is 0 Å². The Morgan fingerprint density at radius 1 is 0.492 bits per heavy atom. The van der Waals surface area contributed by atoms with E-state index in [-0.39, 0.29) is 37.1 Å². The van der Waals surface area contributed by atoms with Crippen LogP contribution >= 0.6 is 11.3 Å². The van der Waals surface area contributed by atoms with Gasteiger partial charge in [-0.25, -0.2) is 15.0 Å². The van der Waals surface area contributed by atoms with Gasteiger partial charge in [-0.05, 0) is 70.4 Å². The summed E-state index contributed by atoms with van der Waals surface area (Å²) in [7, 11) is 0. The van der Waals surface area contributed by atoms with E-state index >= 15 is 0 Å². The van der Waals surface area contributed by atoms with Crippen LogP contribution in [0.2, 0.25) is 0 Å². The van der Waals surface area contributed by atoms with Crippen LogP contribution < -0.4 is 0 Å². The first-order valence-corrected chi connectivity index (χ1v) is 20.2. The third-order valence-electron chi connectivity index (χ3n) is 11.3. The highest BCUT2D eigenvalue weighted by atomic mass is 32.1. The van der Waals surface area contributed by atoms with Gasteiger partial charge in [-0.1, -0.05) is 152 Å². The van der Waals surface area contributed by atoms with Gasteiger partial charge in [-0.2, -0.15) is 0 Å². The molecular weight excluding hydrogens is 737 g/mol. The highest BCUT2D eigenvalue weighted by Gasteiger charge is 2.22. The molecule has 0 bridgehead atoms. The van der Waals surface area contributed by atoms with E-state index in [1.54, 1.807) is 0 Å². The molecule has 59 heavy (non-hydrogen) atoms. The van der Waals surface area contributed by atoms with Crippen molar-refractivity contribution in [1.29, 1.82) is 0 Å². The van der Waals surface area contributed by atoms with Crippen LogP contribution in [0.3, 0.4) is 0 Å². The fraction of sp³-hybridized carbons (Fsp3) is 0.0185. The molecule has 0 saturated carbocycles. The predicted octanol–water partition coefficient (Wildman–Crippen LogP) is 14.6. The van der Waals surface area contributed by atoms with E-state index in [0.29, 0.717) is 59.9 Å². The minimum Gasteiger partial charge on any atom is -0.309 e. The number of aromatic nitrogens is 4. The molecule has 0 amide bonds. The molecule has 12 rings (SSSR count). The average molecular weight is 777 g/mol. The molecule has 0 spiro atoms. The Hall–Kier alpha value is -7.47. The molecule has 276 valence electrons. The molecule has 12 aromatic rings. The van der Waals surface area contributed by atoms with E-state index in [1.807, 2.05) is 91.0 Å². The van der Waals surface area contributed by atoms with Gasteiger partial charge in [0, 0.05) is 60.1 Å². The molecular formula is C54H34N4S. The number of thiophene rings is 1. The fourth-order valence-corrected chi connectivity index (χ4v) is 9.79. The Bertz CT molecular complexity index is 3810. The van der Waals surface area contributed by atoms with Crippen LogP contribution in [-0.4, -0.2) is 19.5 Å². The summed E-state index contributed by atoms with van der Waals surface area (Å²) in [5.74, 6) is 1.41. The lowest BCUT2D eigenvalue weighted by Crippen LogP contribution is -2.02. The van der Waals surface area contributed by atoms with Crippen LogP contribution in [0.5, 0.6) is 0 Å². The number of rotatable bonds is 5. The van der Waals surface area contributed by atoms with Crippen molar-refractivity contribution in [1.82, 2.24) is 19.5 Å². The number of fused-ring (bicyclic) bond motifs is 8. The average Bonchev–Trinajstić information content (AvgIpc) is 3.90. The summed E-state index contributed by atoms with van der Waals surface area (Å²) < 4.78 is 57.7. The number of nitrogens with zero attached hydrogens (tertiary/aromatic N) is 4. The maximum Gasteiger partial charge on any atom is 0.164 e. The number of hydrogen-bond donors (Lipinski definition) is 0. The first kappa shape index (κ1) is 28.0. The molecule has 3 aromatic heterocycles. The quantitative estimate of drug-likeness (QED) is 0.175. The molecule has 3 heterocycles. The molecule has 0 aliphatic rings. The Kier molecular flexibility index (Phi) is 6.32. The highest BCUT2D eigenvalue weighted by molar-refractivity contribution is 7.26. The monoisotopic (exact) mass is 776 g/mol. The SMILES string of the molecule is [2H]Cc1c([2H])cc([2H])c2sc3c(-c4cc(-c5nc(-c6cccc7ccccc67)nc(-c6cccc7ccccc67)n5)ccc4-n4c5ccccc5c5ccccc54)c([2H])c([2H])c([2H])c3c12.